The smallest absolute Gasteiger partial charge is 0.229 e. The van der Waals surface area contributed by atoms with Crippen molar-refractivity contribution in [2.75, 3.05) is 6.61 Å². The van der Waals surface area contributed by atoms with Crippen LogP contribution in [0.25, 0.3) is 5.76 Å². The van der Waals surface area contributed by atoms with E-state index in [-0.39, 0.29) is 22.6 Å². The van der Waals surface area contributed by atoms with Gasteiger partial charge in [-0.2, -0.15) is 0 Å². The number of aliphatic hydroxyl groups excluding tert-OH is 7. The lowest BCUT2D eigenvalue weighted by Crippen LogP contribution is -2.61. The molecule has 0 spiro atoms. The van der Waals surface area contributed by atoms with Crippen molar-refractivity contribution >= 4 is 5.76 Å². The Hall–Kier alpha value is -3.42. The van der Waals surface area contributed by atoms with Crippen molar-refractivity contribution in [2.24, 2.45) is 0 Å². The second-order valence-corrected chi connectivity index (χ2v) is 10.4. The summed E-state index contributed by atoms with van der Waals surface area (Å²) >= 11 is 0. The van der Waals surface area contributed by atoms with Crippen molar-refractivity contribution in [3.05, 3.63) is 47.2 Å². The Labute approximate surface area is 243 Å². The van der Waals surface area contributed by atoms with E-state index >= 15 is 0 Å². The van der Waals surface area contributed by atoms with E-state index in [1.54, 1.807) is 0 Å². The third-order valence-corrected chi connectivity index (χ3v) is 7.44. The molecule has 2 aromatic carbocycles. The van der Waals surface area contributed by atoms with Gasteiger partial charge in [0.05, 0.1) is 18.3 Å². The summed E-state index contributed by atoms with van der Waals surface area (Å²) in [6, 6.07) is 5.47. The molecule has 0 aromatic heterocycles. The number of hydrogen-bond donors (Lipinski definition) is 11. The van der Waals surface area contributed by atoms with Crippen LogP contribution in [0.5, 0.6) is 28.7 Å². The second kappa shape index (κ2) is 11.9. The van der Waals surface area contributed by atoms with Gasteiger partial charge in [-0.25, -0.2) is 0 Å². The first kappa shape index (κ1) is 31.0. The topological polar surface area (TPSA) is 269 Å². The standard InChI is InChI=1S/C27H32O16/c1-8-17(32)20(35)22(37)26(40-8)39-7-15-18(33)21(36)23(38)27(42-15)43-25-19(34)16-13(31)5-10(28)6-14(16)41-24(25)9-2-3-11(29)12(30)4-9/h2-6,8,15,17-23,26-38H,7H2,1H3/t8-,15+,17+,18-,19+,20+,21-,22-,23+,26-,27+/m0/s1. The van der Waals surface area contributed by atoms with Crippen LogP contribution >= 0.6 is 0 Å². The van der Waals surface area contributed by atoms with Crippen LogP contribution < -0.4 is 4.74 Å². The molecule has 5 rings (SSSR count). The molecule has 3 aliphatic rings. The molecule has 0 bridgehead atoms. The first-order valence-electron chi connectivity index (χ1n) is 13.1. The minimum absolute atomic E-state index is 0.0295. The van der Waals surface area contributed by atoms with Crippen molar-refractivity contribution in [1.29, 1.82) is 0 Å². The van der Waals surface area contributed by atoms with Crippen LogP contribution in [0.4, 0.5) is 0 Å². The molecule has 2 aromatic rings. The zero-order valence-electron chi connectivity index (χ0n) is 22.4. The summed E-state index contributed by atoms with van der Waals surface area (Å²) < 4.78 is 28.0. The second-order valence-electron chi connectivity index (χ2n) is 10.4. The number of aliphatic hydroxyl groups is 7. The van der Waals surface area contributed by atoms with Crippen molar-refractivity contribution < 1.29 is 79.9 Å². The molecule has 2 fully saturated rings. The fourth-order valence-corrected chi connectivity index (χ4v) is 4.97. The van der Waals surface area contributed by atoms with E-state index in [2.05, 4.69) is 0 Å². The van der Waals surface area contributed by atoms with E-state index in [9.17, 15) is 56.2 Å². The molecule has 0 amide bonds. The lowest BCUT2D eigenvalue weighted by molar-refractivity contribution is -0.324. The molecular formula is C27H32O16. The average Bonchev–Trinajstić information content (AvgIpc) is 2.96. The number of fused-ring (bicyclic) bond motifs is 1. The van der Waals surface area contributed by atoms with Crippen molar-refractivity contribution in [3.8, 4) is 28.7 Å². The van der Waals surface area contributed by atoms with Crippen LogP contribution in [0.3, 0.4) is 0 Å². The summed E-state index contributed by atoms with van der Waals surface area (Å²) in [4.78, 5) is 0. The molecule has 0 radical (unpaired) electrons. The van der Waals surface area contributed by atoms with E-state index < -0.39 is 103 Å². The van der Waals surface area contributed by atoms with Crippen molar-refractivity contribution in [3.63, 3.8) is 0 Å². The van der Waals surface area contributed by atoms with Crippen LogP contribution in [0.2, 0.25) is 0 Å². The van der Waals surface area contributed by atoms with Gasteiger partial charge in [-0.15, -0.1) is 0 Å². The number of phenols is 4. The molecule has 16 nitrogen and oxygen atoms in total. The monoisotopic (exact) mass is 612 g/mol. The van der Waals surface area contributed by atoms with Crippen molar-refractivity contribution in [2.45, 2.75) is 74.4 Å². The lowest BCUT2D eigenvalue weighted by Gasteiger charge is -2.43. The van der Waals surface area contributed by atoms with Gasteiger partial charge in [0.1, 0.15) is 66.1 Å². The molecule has 11 atom stereocenters. The predicted octanol–water partition coefficient (Wildman–Crippen LogP) is -2.03. The maximum Gasteiger partial charge on any atom is 0.229 e. The van der Waals surface area contributed by atoms with Gasteiger partial charge < -0.3 is 79.9 Å². The Morgan fingerprint density at radius 2 is 1.37 bits per heavy atom. The van der Waals surface area contributed by atoms with E-state index in [4.69, 9.17) is 23.7 Å². The number of phenolic OH excluding ortho intramolecular Hbond substituents is 4. The molecule has 0 saturated carbocycles. The molecular weight excluding hydrogens is 580 g/mol. The summed E-state index contributed by atoms with van der Waals surface area (Å²) in [5.41, 5.74) is -0.217. The summed E-state index contributed by atoms with van der Waals surface area (Å²) in [5.74, 6) is -3.04. The highest BCUT2D eigenvalue weighted by atomic mass is 16.7. The van der Waals surface area contributed by atoms with Gasteiger partial charge in [-0.3, -0.25) is 0 Å². The Morgan fingerprint density at radius 3 is 2.07 bits per heavy atom. The van der Waals surface area contributed by atoms with Gasteiger partial charge in [0.2, 0.25) is 6.29 Å². The van der Waals surface area contributed by atoms with E-state index in [1.807, 2.05) is 0 Å². The fourth-order valence-electron chi connectivity index (χ4n) is 4.97. The summed E-state index contributed by atoms with van der Waals surface area (Å²) in [7, 11) is 0. The van der Waals surface area contributed by atoms with Gasteiger partial charge in [-0.05, 0) is 25.1 Å². The summed E-state index contributed by atoms with van der Waals surface area (Å²) in [5, 5.41) is 113. The fraction of sp³-hybridized carbons (Fsp3) is 0.481. The highest BCUT2D eigenvalue weighted by Crippen LogP contribution is 2.48. The van der Waals surface area contributed by atoms with E-state index in [1.165, 1.54) is 13.0 Å². The van der Waals surface area contributed by atoms with Gasteiger partial charge in [0.25, 0.3) is 0 Å². The highest BCUT2D eigenvalue weighted by molar-refractivity contribution is 5.72. The highest BCUT2D eigenvalue weighted by Gasteiger charge is 2.48. The number of rotatable bonds is 6. The first-order valence-corrected chi connectivity index (χ1v) is 13.1. The van der Waals surface area contributed by atoms with E-state index in [0.717, 1.165) is 24.3 Å². The van der Waals surface area contributed by atoms with Crippen LogP contribution in [0.15, 0.2) is 36.1 Å². The zero-order valence-corrected chi connectivity index (χ0v) is 22.4. The minimum atomic E-state index is -1.93. The summed E-state index contributed by atoms with van der Waals surface area (Å²) in [6.45, 7) is 0.849. The molecule has 0 unspecified atom stereocenters. The number of hydrogen-bond acceptors (Lipinski definition) is 16. The van der Waals surface area contributed by atoms with Gasteiger partial charge in [0, 0.05) is 17.7 Å². The van der Waals surface area contributed by atoms with Gasteiger partial charge in [-0.1, -0.05) is 0 Å². The molecule has 0 aliphatic carbocycles. The van der Waals surface area contributed by atoms with Crippen LogP contribution in [-0.2, 0) is 18.9 Å². The van der Waals surface area contributed by atoms with Gasteiger partial charge >= 0.3 is 0 Å². The average molecular weight is 613 g/mol. The maximum absolute atomic E-state index is 11.2. The lowest BCUT2D eigenvalue weighted by atomic mass is 9.97. The van der Waals surface area contributed by atoms with Crippen LogP contribution in [-0.4, -0.2) is 124 Å². The molecule has 2 saturated heterocycles. The Kier molecular flexibility index (Phi) is 8.61. The molecule has 236 valence electrons. The number of aromatic hydroxyl groups is 4. The zero-order chi connectivity index (χ0) is 31.3. The van der Waals surface area contributed by atoms with Gasteiger partial charge in [0.15, 0.2) is 29.3 Å². The van der Waals surface area contributed by atoms with Crippen molar-refractivity contribution in [1.82, 2.24) is 0 Å². The normalized spacial score (nSPS) is 36.1. The molecule has 43 heavy (non-hydrogen) atoms. The number of ether oxygens (including phenoxy) is 5. The first-order chi connectivity index (χ1) is 20.3. The third kappa shape index (κ3) is 5.77. The molecule has 16 heteroatoms. The molecule has 11 N–H and O–H groups in total. The maximum atomic E-state index is 11.2. The number of benzene rings is 2. The van der Waals surface area contributed by atoms with Crippen LogP contribution in [0.1, 0.15) is 24.2 Å². The minimum Gasteiger partial charge on any atom is -0.508 e. The quantitative estimate of drug-likeness (QED) is 0.157. The van der Waals surface area contributed by atoms with Crippen LogP contribution in [0, 0.1) is 0 Å². The predicted molar refractivity (Wildman–Crippen MR) is 138 cm³/mol. The van der Waals surface area contributed by atoms with E-state index in [0.29, 0.717) is 0 Å². The molecule has 3 heterocycles. The largest absolute Gasteiger partial charge is 0.508 e. The third-order valence-electron chi connectivity index (χ3n) is 7.44. The SMILES string of the molecule is C[C@@H]1O[C@H](OC[C@H]2O[C@H](OC3=C(c4ccc(O)c(O)c4)Oc4cc(O)cc(O)c4[C@H]3O)[C@H](O)[C@@H](O)[C@H]2O)[C@@H](O)[C@H](O)[C@@H]1O. The summed E-state index contributed by atoms with van der Waals surface area (Å²) in [6.07, 6.45) is -17.7. The Balaban J connectivity index is 1.43. The molecule has 3 aliphatic heterocycles. The Morgan fingerprint density at radius 1 is 0.698 bits per heavy atom. The Bertz CT molecular complexity index is 1360.